The minimum absolute atomic E-state index is 0.0633. The van der Waals surface area contributed by atoms with Crippen LogP contribution in [0.3, 0.4) is 0 Å². The minimum atomic E-state index is 0.0633. The third kappa shape index (κ3) is 3.71. The van der Waals surface area contributed by atoms with Gasteiger partial charge in [0.2, 0.25) is 0 Å². The summed E-state index contributed by atoms with van der Waals surface area (Å²) in [7, 11) is 0. The highest BCUT2D eigenvalue weighted by Gasteiger charge is 2.26. The first-order valence-electron chi connectivity index (χ1n) is 6.96. The van der Waals surface area contributed by atoms with E-state index in [0.717, 1.165) is 22.6 Å². The summed E-state index contributed by atoms with van der Waals surface area (Å²) in [6.07, 6.45) is 6.87. The zero-order valence-corrected chi connectivity index (χ0v) is 12.3. The number of benzene rings is 2. The van der Waals surface area contributed by atoms with Crippen LogP contribution in [0.1, 0.15) is 22.3 Å². The first-order chi connectivity index (χ1) is 10.2. The molecule has 1 atom stereocenters. The molecule has 1 nitrogen and oxygen atoms in total. The predicted octanol–water partition coefficient (Wildman–Crippen LogP) is 5.18. The second kappa shape index (κ2) is 6.11. The number of rotatable bonds is 4. The minimum Gasteiger partial charge on any atom is -0.289 e. The van der Waals surface area contributed by atoms with Crippen LogP contribution in [-0.2, 0) is 0 Å². The molecule has 0 radical (unpaired) electrons. The molecule has 2 aromatic carbocycles. The predicted molar refractivity (Wildman–Crippen MR) is 87.4 cm³/mol. The van der Waals surface area contributed by atoms with Crippen molar-refractivity contribution in [2.45, 2.75) is 6.42 Å². The molecule has 0 aliphatic heterocycles. The molecule has 1 aliphatic rings. The summed E-state index contributed by atoms with van der Waals surface area (Å²) in [6, 6.07) is 17.1. The number of carbonyl (C=O) groups is 1. The lowest BCUT2D eigenvalue weighted by Gasteiger charge is -1.93. The quantitative estimate of drug-likeness (QED) is 0.561. The molecule has 104 valence electrons. The highest BCUT2D eigenvalue weighted by Crippen LogP contribution is 2.40. The Hall–Kier alpha value is -2.12. The average Bonchev–Trinajstić information content (AvgIpc) is 3.26. The van der Waals surface area contributed by atoms with Crippen molar-refractivity contribution in [3.63, 3.8) is 0 Å². The highest BCUT2D eigenvalue weighted by molar-refractivity contribution is 6.30. The molecular formula is C19H15ClO. The van der Waals surface area contributed by atoms with Gasteiger partial charge < -0.3 is 0 Å². The normalized spacial score (nSPS) is 19.1. The lowest BCUT2D eigenvalue weighted by molar-refractivity contribution is 0.104. The van der Waals surface area contributed by atoms with Crippen LogP contribution in [0.25, 0.3) is 6.08 Å². The van der Waals surface area contributed by atoms with E-state index < -0.39 is 0 Å². The second-order valence-electron chi connectivity index (χ2n) is 5.17. The largest absolute Gasteiger partial charge is 0.289 e. The van der Waals surface area contributed by atoms with E-state index >= 15 is 0 Å². The topological polar surface area (TPSA) is 17.1 Å². The summed E-state index contributed by atoms with van der Waals surface area (Å²) in [6.45, 7) is 0. The fourth-order valence-corrected chi connectivity index (χ4v) is 2.35. The summed E-state index contributed by atoms with van der Waals surface area (Å²) in [5, 5.41) is 0.748. The van der Waals surface area contributed by atoms with Crippen LogP contribution in [0.4, 0.5) is 0 Å². The van der Waals surface area contributed by atoms with Gasteiger partial charge >= 0.3 is 0 Å². The van der Waals surface area contributed by atoms with Gasteiger partial charge in [0.1, 0.15) is 0 Å². The van der Waals surface area contributed by atoms with E-state index in [1.165, 1.54) is 5.57 Å². The lowest BCUT2D eigenvalue weighted by Crippen LogP contribution is -1.92. The monoisotopic (exact) mass is 294 g/mol. The number of halogens is 1. The Morgan fingerprint density at radius 1 is 1.05 bits per heavy atom. The molecule has 0 heterocycles. The number of carbonyl (C=O) groups excluding carboxylic acids is 1. The van der Waals surface area contributed by atoms with Crippen molar-refractivity contribution in [3.05, 3.63) is 88.5 Å². The second-order valence-corrected chi connectivity index (χ2v) is 5.61. The summed E-state index contributed by atoms with van der Waals surface area (Å²) in [5.74, 6) is 0.460. The average molecular weight is 295 g/mol. The van der Waals surface area contributed by atoms with E-state index in [-0.39, 0.29) is 5.78 Å². The molecule has 1 unspecified atom stereocenters. The highest BCUT2D eigenvalue weighted by atomic mass is 35.5. The Morgan fingerprint density at radius 3 is 2.48 bits per heavy atom. The summed E-state index contributed by atoms with van der Waals surface area (Å²) >= 11 is 5.87. The summed E-state index contributed by atoms with van der Waals surface area (Å²) in [4.78, 5) is 12.0. The van der Waals surface area contributed by atoms with E-state index in [1.54, 1.807) is 6.08 Å². The Balaban J connectivity index is 1.62. The number of hydrogen-bond donors (Lipinski definition) is 0. The molecule has 0 bridgehead atoms. The summed E-state index contributed by atoms with van der Waals surface area (Å²) in [5.41, 5.74) is 3.24. The van der Waals surface area contributed by atoms with Crippen molar-refractivity contribution in [2.24, 2.45) is 5.92 Å². The molecule has 0 N–H and O–H groups in total. The van der Waals surface area contributed by atoms with Crippen molar-refractivity contribution in [2.75, 3.05) is 0 Å². The molecule has 21 heavy (non-hydrogen) atoms. The molecule has 2 heteroatoms. The van der Waals surface area contributed by atoms with Gasteiger partial charge in [-0.1, -0.05) is 71.8 Å². The van der Waals surface area contributed by atoms with Gasteiger partial charge in [0.15, 0.2) is 5.78 Å². The molecule has 0 aromatic heterocycles. The number of allylic oxidation sites excluding steroid dienone is 3. The Morgan fingerprint density at radius 2 is 1.76 bits per heavy atom. The van der Waals surface area contributed by atoms with Gasteiger partial charge in [0, 0.05) is 16.5 Å². The van der Waals surface area contributed by atoms with Gasteiger partial charge in [-0.05, 0) is 30.2 Å². The standard InChI is InChI=1S/C19H15ClO/c20-18-9-6-14(7-10-18)12-17-13-16(17)8-11-19(21)15-4-2-1-3-5-15/h1-12,16H,13H2/b11-8+,17-12+. The third-order valence-electron chi connectivity index (χ3n) is 3.53. The van der Waals surface area contributed by atoms with Crippen LogP contribution in [-0.4, -0.2) is 5.78 Å². The van der Waals surface area contributed by atoms with Crippen LogP contribution in [0, 0.1) is 5.92 Å². The van der Waals surface area contributed by atoms with Crippen molar-refractivity contribution in [1.82, 2.24) is 0 Å². The van der Waals surface area contributed by atoms with E-state index in [0.29, 0.717) is 5.92 Å². The van der Waals surface area contributed by atoms with Crippen molar-refractivity contribution in [1.29, 1.82) is 0 Å². The van der Waals surface area contributed by atoms with Crippen LogP contribution in [0.15, 0.2) is 72.3 Å². The van der Waals surface area contributed by atoms with Crippen molar-refractivity contribution >= 4 is 23.5 Å². The molecule has 3 rings (SSSR count). The third-order valence-corrected chi connectivity index (χ3v) is 3.78. The van der Waals surface area contributed by atoms with E-state index in [4.69, 9.17) is 11.6 Å². The Kier molecular flexibility index (Phi) is 4.03. The zero-order valence-electron chi connectivity index (χ0n) is 11.5. The van der Waals surface area contributed by atoms with Crippen molar-refractivity contribution in [3.8, 4) is 0 Å². The van der Waals surface area contributed by atoms with E-state index in [1.807, 2.05) is 60.7 Å². The van der Waals surface area contributed by atoms with Gasteiger partial charge in [-0.3, -0.25) is 4.79 Å². The maximum absolute atomic E-state index is 12.0. The zero-order chi connectivity index (χ0) is 14.7. The molecule has 1 fully saturated rings. The molecule has 1 saturated carbocycles. The molecule has 0 saturated heterocycles. The number of ketones is 1. The van der Waals surface area contributed by atoms with E-state index in [9.17, 15) is 4.79 Å². The van der Waals surface area contributed by atoms with Crippen molar-refractivity contribution < 1.29 is 4.79 Å². The van der Waals surface area contributed by atoms with Crippen LogP contribution in [0.5, 0.6) is 0 Å². The van der Waals surface area contributed by atoms with Crippen LogP contribution < -0.4 is 0 Å². The number of hydrogen-bond acceptors (Lipinski definition) is 1. The van der Waals surface area contributed by atoms with Crippen LogP contribution >= 0.6 is 11.6 Å². The summed E-state index contributed by atoms with van der Waals surface area (Å²) < 4.78 is 0. The van der Waals surface area contributed by atoms with Crippen LogP contribution in [0.2, 0.25) is 5.02 Å². The molecule has 1 aliphatic carbocycles. The molecule has 0 spiro atoms. The van der Waals surface area contributed by atoms with E-state index in [2.05, 4.69) is 6.08 Å². The van der Waals surface area contributed by atoms with Gasteiger partial charge in [0.05, 0.1) is 0 Å². The van der Waals surface area contributed by atoms with Gasteiger partial charge in [-0.2, -0.15) is 0 Å². The van der Waals surface area contributed by atoms with Gasteiger partial charge in [-0.25, -0.2) is 0 Å². The fourth-order valence-electron chi connectivity index (χ4n) is 2.23. The SMILES string of the molecule is O=C(/C=C/C1C/C1=C\c1ccc(Cl)cc1)c1ccccc1. The fraction of sp³-hybridized carbons (Fsp3) is 0.105. The first kappa shape index (κ1) is 13.8. The van der Waals surface area contributed by atoms with Gasteiger partial charge in [0.25, 0.3) is 0 Å². The maximum atomic E-state index is 12.0. The first-order valence-corrected chi connectivity index (χ1v) is 7.34. The molecule has 2 aromatic rings. The van der Waals surface area contributed by atoms with Gasteiger partial charge in [-0.15, -0.1) is 0 Å². The molecular weight excluding hydrogens is 280 g/mol. The smallest absolute Gasteiger partial charge is 0.185 e. The lowest BCUT2D eigenvalue weighted by atomic mass is 10.1. The Bertz CT molecular complexity index is 696. The Labute approximate surface area is 129 Å². The molecule has 0 amide bonds. The maximum Gasteiger partial charge on any atom is 0.185 e.